The van der Waals surface area contributed by atoms with Crippen molar-refractivity contribution in [3.05, 3.63) is 36.0 Å². The lowest BCUT2D eigenvalue weighted by atomic mass is 9.95. The van der Waals surface area contributed by atoms with Crippen LogP contribution >= 0.6 is 0 Å². The largest absolute Gasteiger partial charge is 0.371 e. The van der Waals surface area contributed by atoms with Crippen LogP contribution in [0.1, 0.15) is 31.9 Å². The molecule has 1 atom stereocenters. The van der Waals surface area contributed by atoms with Gasteiger partial charge in [0.15, 0.2) is 0 Å². The van der Waals surface area contributed by atoms with Gasteiger partial charge in [0.2, 0.25) is 0 Å². The van der Waals surface area contributed by atoms with Crippen LogP contribution in [0.15, 0.2) is 30.3 Å². The van der Waals surface area contributed by atoms with E-state index in [0.717, 1.165) is 30.2 Å². The molecule has 1 fully saturated rings. The quantitative estimate of drug-likeness (QED) is 0.929. The Morgan fingerprint density at radius 2 is 2.20 bits per heavy atom. The third-order valence-electron chi connectivity index (χ3n) is 4.39. The van der Waals surface area contributed by atoms with Crippen LogP contribution in [0.25, 0.3) is 10.9 Å². The second-order valence-electron chi connectivity index (χ2n) is 5.72. The van der Waals surface area contributed by atoms with Crippen molar-refractivity contribution in [2.45, 2.75) is 32.7 Å². The van der Waals surface area contributed by atoms with Crippen LogP contribution in [0.4, 0.5) is 5.69 Å². The topological polar surface area (TPSA) is 42.1 Å². The number of nitrogens with zero attached hydrogens (tertiary/aromatic N) is 2. The third kappa shape index (κ3) is 2.50. The van der Waals surface area contributed by atoms with Crippen LogP contribution in [-0.4, -0.2) is 18.1 Å². The fourth-order valence-corrected chi connectivity index (χ4v) is 3.19. The molecular formula is C17H23N3. The molecule has 1 unspecified atom stereocenters. The highest BCUT2D eigenvalue weighted by Crippen LogP contribution is 2.31. The summed E-state index contributed by atoms with van der Waals surface area (Å²) in [6.07, 6.45) is 3.91. The van der Waals surface area contributed by atoms with Crippen molar-refractivity contribution in [2.24, 2.45) is 11.7 Å². The molecule has 1 aliphatic heterocycles. The molecule has 0 amide bonds. The van der Waals surface area contributed by atoms with Gasteiger partial charge in [0.25, 0.3) is 0 Å². The number of rotatable bonds is 3. The van der Waals surface area contributed by atoms with Gasteiger partial charge in [-0.3, -0.25) is 4.98 Å². The highest BCUT2D eigenvalue weighted by atomic mass is 15.1. The van der Waals surface area contributed by atoms with Crippen LogP contribution in [0, 0.1) is 5.92 Å². The van der Waals surface area contributed by atoms with Gasteiger partial charge in [-0.05, 0) is 30.9 Å². The molecule has 0 bridgehead atoms. The monoisotopic (exact) mass is 269 g/mol. The Kier molecular flexibility index (Phi) is 3.88. The Labute approximate surface area is 120 Å². The zero-order valence-corrected chi connectivity index (χ0v) is 12.2. The van der Waals surface area contributed by atoms with Gasteiger partial charge in [0, 0.05) is 30.7 Å². The van der Waals surface area contributed by atoms with Crippen molar-refractivity contribution in [1.29, 1.82) is 0 Å². The fraction of sp³-hybridized carbons (Fsp3) is 0.471. The first kappa shape index (κ1) is 13.4. The van der Waals surface area contributed by atoms with Crippen LogP contribution in [0.5, 0.6) is 0 Å². The lowest BCUT2D eigenvalue weighted by Gasteiger charge is -2.35. The van der Waals surface area contributed by atoms with E-state index in [-0.39, 0.29) is 0 Å². The van der Waals surface area contributed by atoms with Crippen molar-refractivity contribution in [3.63, 3.8) is 0 Å². The average molecular weight is 269 g/mol. The number of hydrogen-bond acceptors (Lipinski definition) is 3. The van der Waals surface area contributed by atoms with Gasteiger partial charge in [0.1, 0.15) is 0 Å². The molecule has 0 spiro atoms. The lowest BCUT2D eigenvalue weighted by molar-refractivity contribution is 0.405. The number of hydrogen-bond donors (Lipinski definition) is 1. The van der Waals surface area contributed by atoms with Crippen molar-refractivity contribution >= 4 is 16.6 Å². The number of anilines is 1. The van der Waals surface area contributed by atoms with Gasteiger partial charge >= 0.3 is 0 Å². The van der Waals surface area contributed by atoms with Crippen LogP contribution < -0.4 is 10.6 Å². The van der Waals surface area contributed by atoms with E-state index >= 15 is 0 Å². The molecule has 3 nitrogen and oxygen atoms in total. The van der Waals surface area contributed by atoms with Crippen molar-refractivity contribution in [3.8, 4) is 0 Å². The number of piperidine rings is 1. The van der Waals surface area contributed by atoms with E-state index in [2.05, 4.69) is 41.1 Å². The summed E-state index contributed by atoms with van der Waals surface area (Å²) in [5, 5.41) is 1.25. The maximum absolute atomic E-state index is 5.81. The lowest BCUT2D eigenvalue weighted by Crippen LogP contribution is -2.35. The summed E-state index contributed by atoms with van der Waals surface area (Å²) in [5.74, 6) is 0.817. The summed E-state index contributed by atoms with van der Waals surface area (Å²) in [6, 6.07) is 10.6. The van der Waals surface area contributed by atoms with E-state index in [1.165, 1.54) is 30.3 Å². The zero-order chi connectivity index (χ0) is 13.9. The van der Waals surface area contributed by atoms with Gasteiger partial charge in [0.05, 0.1) is 11.2 Å². The number of benzene rings is 1. The minimum absolute atomic E-state index is 0.503. The van der Waals surface area contributed by atoms with Gasteiger partial charge in [-0.25, -0.2) is 0 Å². The molecule has 1 aromatic carbocycles. The summed E-state index contributed by atoms with van der Waals surface area (Å²) < 4.78 is 0. The van der Waals surface area contributed by atoms with Gasteiger partial charge in [-0.2, -0.15) is 0 Å². The molecule has 0 saturated carbocycles. The first-order chi connectivity index (χ1) is 9.81. The molecule has 1 aliphatic rings. The van der Waals surface area contributed by atoms with E-state index in [1.54, 1.807) is 0 Å². The zero-order valence-electron chi connectivity index (χ0n) is 12.2. The van der Waals surface area contributed by atoms with Gasteiger partial charge in [-0.15, -0.1) is 0 Å². The predicted octanol–water partition coefficient (Wildman–Crippen LogP) is 3.32. The molecule has 2 aromatic rings. The standard InChI is InChI=1S/C17H23N3/c1-2-13-6-5-9-20(12-13)17-10-14(11-18)19-16-8-4-3-7-15(16)17/h3-4,7-8,10,13H,2,5-6,9,11-12,18H2,1H3. The molecule has 20 heavy (non-hydrogen) atoms. The Balaban J connectivity index is 2.04. The van der Waals surface area contributed by atoms with E-state index in [1.807, 2.05) is 6.07 Å². The van der Waals surface area contributed by atoms with Crippen molar-refractivity contribution in [1.82, 2.24) is 4.98 Å². The van der Waals surface area contributed by atoms with Crippen LogP contribution in [0.2, 0.25) is 0 Å². The highest BCUT2D eigenvalue weighted by molar-refractivity contribution is 5.92. The van der Waals surface area contributed by atoms with E-state index in [0.29, 0.717) is 6.54 Å². The molecule has 1 aromatic heterocycles. The molecule has 2 heterocycles. The third-order valence-corrected chi connectivity index (χ3v) is 4.39. The summed E-state index contributed by atoms with van der Waals surface area (Å²) in [7, 11) is 0. The number of aromatic nitrogens is 1. The summed E-state index contributed by atoms with van der Waals surface area (Å²) in [5.41, 5.74) is 9.17. The van der Waals surface area contributed by atoms with E-state index < -0.39 is 0 Å². The van der Waals surface area contributed by atoms with E-state index in [9.17, 15) is 0 Å². The fourth-order valence-electron chi connectivity index (χ4n) is 3.19. The first-order valence-corrected chi connectivity index (χ1v) is 7.65. The minimum atomic E-state index is 0.503. The molecule has 106 valence electrons. The van der Waals surface area contributed by atoms with Crippen LogP contribution in [0.3, 0.4) is 0 Å². The molecule has 0 radical (unpaired) electrons. The molecule has 1 saturated heterocycles. The van der Waals surface area contributed by atoms with Crippen molar-refractivity contribution in [2.75, 3.05) is 18.0 Å². The smallest absolute Gasteiger partial charge is 0.0726 e. The maximum Gasteiger partial charge on any atom is 0.0726 e. The van der Waals surface area contributed by atoms with E-state index in [4.69, 9.17) is 5.73 Å². The van der Waals surface area contributed by atoms with Gasteiger partial charge < -0.3 is 10.6 Å². The molecular weight excluding hydrogens is 246 g/mol. The van der Waals surface area contributed by atoms with Crippen molar-refractivity contribution < 1.29 is 0 Å². The Morgan fingerprint density at radius 3 is 3.00 bits per heavy atom. The average Bonchev–Trinajstić information content (AvgIpc) is 2.53. The summed E-state index contributed by atoms with van der Waals surface area (Å²) >= 11 is 0. The number of nitrogens with two attached hydrogens (primary N) is 1. The molecule has 0 aliphatic carbocycles. The van der Waals surface area contributed by atoms with Gasteiger partial charge in [-0.1, -0.05) is 31.5 Å². The normalized spacial score (nSPS) is 19.5. The SMILES string of the molecule is CCC1CCCN(c2cc(CN)nc3ccccc23)C1. The molecule has 3 rings (SSSR count). The summed E-state index contributed by atoms with van der Waals surface area (Å²) in [4.78, 5) is 7.17. The number of fused-ring (bicyclic) bond motifs is 1. The second-order valence-corrected chi connectivity index (χ2v) is 5.72. The number of pyridine rings is 1. The highest BCUT2D eigenvalue weighted by Gasteiger charge is 2.20. The second kappa shape index (κ2) is 5.80. The maximum atomic E-state index is 5.81. The van der Waals surface area contributed by atoms with Crippen LogP contribution in [-0.2, 0) is 6.54 Å². The Bertz CT molecular complexity index is 594. The Morgan fingerprint density at radius 1 is 1.35 bits per heavy atom. The predicted molar refractivity (Wildman–Crippen MR) is 84.9 cm³/mol. The molecule has 3 heteroatoms. The first-order valence-electron chi connectivity index (χ1n) is 7.65. The minimum Gasteiger partial charge on any atom is -0.371 e. The number of para-hydroxylation sites is 1. The summed E-state index contributed by atoms with van der Waals surface area (Å²) in [6.45, 7) is 5.11. The molecule has 2 N–H and O–H groups in total. The Hall–Kier alpha value is -1.61.